The monoisotopic (exact) mass is 215 g/mol. The molecule has 0 aliphatic carbocycles. The summed E-state index contributed by atoms with van der Waals surface area (Å²) in [4.78, 5) is 0. The number of rotatable bonds is 7. The van der Waals surface area contributed by atoms with E-state index in [-0.39, 0.29) is 11.9 Å². The molecule has 1 fully saturated rings. The van der Waals surface area contributed by atoms with Gasteiger partial charge in [0.05, 0.1) is 12.7 Å². The fourth-order valence-electron chi connectivity index (χ4n) is 1.80. The van der Waals surface area contributed by atoms with Crippen LogP contribution in [0.5, 0.6) is 0 Å². The molecule has 0 amide bonds. The lowest BCUT2D eigenvalue weighted by molar-refractivity contribution is -0.137. The zero-order valence-corrected chi connectivity index (χ0v) is 10.3. The number of hydrogen-bond acceptors (Lipinski definition) is 3. The third-order valence-electron chi connectivity index (χ3n) is 2.65. The van der Waals surface area contributed by atoms with E-state index in [1.807, 2.05) is 13.8 Å². The summed E-state index contributed by atoms with van der Waals surface area (Å²) in [6, 6.07) is 0. The SMILES string of the molecule is CCCCCCNCC1COC(C)(C)O1. The van der Waals surface area contributed by atoms with Crippen molar-refractivity contribution in [2.75, 3.05) is 19.7 Å². The van der Waals surface area contributed by atoms with Gasteiger partial charge in [-0.05, 0) is 26.8 Å². The van der Waals surface area contributed by atoms with Crippen LogP contribution in [-0.2, 0) is 9.47 Å². The molecule has 3 heteroatoms. The summed E-state index contributed by atoms with van der Waals surface area (Å²) in [5, 5.41) is 3.42. The van der Waals surface area contributed by atoms with Crippen LogP contribution in [0.25, 0.3) is 0 Å². The summed E-state index contributed by atoms with van der Waals surface area (Å²) in [5.41, 5.74) is 0. The molecule has 1 saturated heterocycles. The second-order valence-electron chi connectivity index (χ2n) is 4.72. The Labute approximate surface area is 93.5 Å². The molecule has 0 saturated carbocycles. The highest BCUT2D eigenvalue weighted by molar-refractivity contribution is 4.72. The van der Waals surface area contributed by atoms with Crippen LogP contribution in [-0.4, -0.2) is 31.6 Å². The molecule has 15 heavy (non-hydrogen) atoms. The first kappa shape index (κ1) is 12.9. The van der Waals surface area contributed by atoms with Crippen LogP contribution in [0.4, 0.5) is 0 Å². The Morgan fingerprint density at radius 2 is 2.07 bits per heavy atom. The van der Waals surface area contributed by atoms with Gasteiger partial charge in [-0.2, -0.15) is 0 Å². The van der Waals surface area contributed by atoms with Gasteiger partial charge in [-0.15, -0.1) is 0 Å². The summed E-state index contributed by atoms with van der Waals surface area (Å²) >= 11 is 0. The van der Waals surface area contributed by atoms with Crippen molar-refractivity contribution in [2.24, 2.45) is 0 Å². The smallest absolute Gasteiger partial charge is 0.163 e. The first-order valence-electron chi connectivity index (χ1n) is 6.16. The highest BCUT2D eigenvalue weighted by Crippen LogP contribution is 2.21. The maximum Gasteiger partial charge on any atom is 0.163 e. The Kier molecular flexibility index (Phi) is 5.58. The van der Waals surface area contributed by atoms with Crippen molar-refractivity contribution in [2.45, 2.75) is 58.3 Å². The van der Waals surface area contributed by atoms with Gasteiger partial charge in [-0.1, -0.05) is 26.2 Å². The third-order valence-corrected chi connectivity index (χ3v) is 2.65. The number of nitrogens with one attached hydrogen (secondary N) is 1. The van der Waals surface area contributed by atoms with E-state index in [1.165, 1.54) is 25.7 Å². The van der Waals surface area contributed by atoms with Gasteiger partial charge in [0.2, 0.25) is 0 Å². The van der Waals surface area contributed by atoms with Crippen molar-refractivity contribution < 1.29 is 9.47 Å². The van der Waals surface area contributed by atoms with Crippen molar-refractivity contribution in [1.29, 1.82) is 0 Å². The molecule has 0 aromatic heterocycles. The predicted molar refractivity (Wildman–Crippen MR) is 61.9 cm³/mol. The minimum absolute atomic E-state index is 0.228. The van der Waals surface area contributed by atoms with E-state index in [4.69, 9.17) is 9.47 Å². The second kappa shape index (κ2) is 6.46. The Hall–Kier alpha value is -0.120. The lowest BCUT2D eigenvalue weighted by Crippen LogP contribution is -2.31. The van der Waals surface area contributed by atoms with E-state index in [0.29, 0.717) is 0 Å². The van der Waals surface area contributed by atoms with Crippen LogP contribution in [0.15, 0.2) is 0 Å². The van der Waals surface area contributed by atoms with Crippen LogP contribution >= 0.6 is 0 Å². The van der Waals surface area contributed by atoms with Crippen LogP contribution in [0.1, 0.15) is 46.5 Å². The van der Waals surface area contributed by atoms with Crippen LogP contribution in [0.2, 0.25) is 0 Å². The van der Waals surface area contributed by atoms with Crippen molar-refractivity contribution in [3.63, 3.8) is 0 Å². The summed E-state index contributed by atoms with van der Waals surface area (Å²) in [6.07, 6.45) is 5.47. The van der Waals surface area contributed by atoms with E-state index >= 15 is 0 Å². The molecule has 1 atom stereocenters. The van der Waals surface area contributed by atoms with Crippen LogP contribution in [0, 0.1) is 0 Å². The number of unbranched alkanes of at least 4 members (excludes halogenated alkanes) is 3. The zero-order valence-electron chi connectivity index (χ0n) is 10.3. The predicted octanol–water partition coefficient (Wildman–Crippen LogP) is 2.31. The molecular formula is C12H25NO2. The molecule has 90 valence electrons. The molecule has 0 radical (unpaired) electrons. The standard InChI is InChI=1S/C12H25NO2/c1-4-5-6-7-8-13-9-11-10-14-12(2,3)15-11/h11,13H,4-10H2,1-3H3. The van der Waals surface area contributed by atoms with Gasteiger partial charge in [-0.25, -0.2) is 0 Å². The maximum absolute atomic E-state index is 5.69. The van der Waals surface area contributed by atoms with Crippen molar-refractivity contribution >= 4 is 0 Å². The fraction of sp³-hybridized carbons (Fsp3) is 1.00. The van der Waals surface area contributed by atoms with Crippen molar-refractivity contribution in [3.8, 4) is 0 Å². The van der Waals surface area contributed by atoms with Gasteiger partial charge < -0.3 is 14.8 Å². The van der Waals surface area contributed by atoms with E-state index in [9.17, 15) is 0 Å². The molecule has 0 aromatic rings. The molecule has 1 aliphatic rings. The topological polar surface area (TPSA) is 30.5 Å². The van der Waals surface area contributed by atoms with Crippen molar-refractivity contribution in [3.05, 3.63) is 0 Å². The van der Waals surface area contributed by atoms with Crippen LogP contribution in [0.3, 0.4) is 0 Å². The average Bonchev–Trinajstić information content (AvgIpc) is 2.52. The minimum atomic E-state index is -0.380. The molecule has 1 aliphatic heterocycles. The quantitative estimate of drug-likeness (QED) is 0.661. The van der Waals surface area contributed by atoms with Crippen LogP contribution < -0.4 is 5.32 Å². The lowest BCUT2D eigenvalue weighted by Gasteiger charge is -2.17. The Morgan fingerprint density at radius 1 is 1.27 bits per heavy atom. The molecule has 0 spiro atoms. The molecule has 1 rings (SSSR count). The lowest BCUT2D eigenvalue weighted by atomic mass is 10.2. The molecular weight excluding hydrogens is 190 g/mol. The normalized spacial score (nSPS) is 24.6. The molecule has 0 aromatic carbocycles. The van der Waals surface area contributed by atoms with E-state index < -0.39 is 0 Å². The highest BCUT2D eigenvalue weighted by atomic mass is 16.7. The zero-order chi connectivity index (χ0) is 11.1. The summed E-state index contributed by atoms with van der Waals surface area (Å²) < 4.78 is 11.2. The van der Waals surface area contributed by atoms with Gasteiger partial charge in [0.25, 0.3) is 0 Å². The molecule has 3 nitrogen and oxygen atoms in total. The van der Waals surface area contributed by atoms with Gasteiger partial charge >= 0.3 is 0 Å². The van der Waals surface area contributed by atoms with E-state index in [1.54, 1.807) is 0 Å². The second-order valence-corrected chi connectivity index (χ2v) is 4.72. The fourth-order valence-corrected chi connectivity index (χ4v) is 1.80. The van der Waals surface area contributed by atoms with Gasteiger partial charge in [-0.3, -0.25) is 0 Å². The molecule has 1 unspecified atom stereocenters. The number of hydrogen-bond donors (Lipinski definition) is 1. The summed E-state index contributed by atoms with van der Waals surface area (Å²) in [6.45, 7) is 8.90. The summed E-state index contributed by atoms with van der Waals surface area (Å²) in [5.74, 6) is -0.380. The Bertz CT molecular complexity index is 171. The summed E-state index contributed by atoms with van der Waals surface area (Å²) in [7, 11) is 0. The molecule has 1 heterocycles. The highest BCUT2D eigenvalue weighted by Gasteiger charge is 2.31. The minimum Gasteiger partial charge on any atom is -0.348 e. The Morgan fingerprint density at radius 3 is 2.67 bits per heavy atom. The first-order chi connectivity index (χ1) is 7.14. The largest absolute Gasteiger partial charge is 0.348 e. The third kappa shape index (κ3) is 5.50. The van der Waals surface area contributed by atoms with Crippen molar-refractivity contribution in [1.82, 2.24) is 5.32 Å². The van der Waals surface area contributed by atoms with E-state index in [0.717, 1.165) is 19.7 Å². The first-order valence-corrected chi connectivity index (χ1v) is 6.16. The van der Waals surface area contributed by atoms with E-state index in [2.05, 4.69) is 12.2 Å². The number of ether oxygens (including phenoxy) is 2. The van der Waals surface area contributed by atoms with Gasteiger partial charge in [0.15, 0.2) is 5.79 Å². The van der Waals surface area contributed by atoms with Gasteiger partial charge in [0.1, 0.15) is 0 Å². The maximum atomic E-state index is 5.69. The molecule has 0 bridgehead atoms. The Balaban J connectivity index is 1.93. The molecule has 1 N–H and O–H groups in total. The van der Waals surface area contributed by atoms with Gasteiger partial charge in [0, 0.05) is 6.54 Å². The average molecular weight is 215 g/mol.